The predicted molar refractivity (Wildman–Crippen MR) is 109 cm³/mol. The zero-order chi connectivity index (χ0) is 18.8. The highest BCUT2D eigenvalue weighted by molar-refractivity contribution is 5.91. The van der Waals surface area contributed by atoms with Crippen molar-refractivity contribution in [2.75, 3.05) is 11.1 Å². The summed E-state index contributed by atoms with van der Waals surface area (Å²) in [5.74, 6) is 0.329. The van der Waals surface area contributed by atoms with Crippen LogP contribution in [0, 0.1) is 0 Å². The smallest absolute Gasteiger partial charge is 0.222 e. The molecule has 0 fully saturated rings. The summed E-state index contributed by atoms with van der Waals surface area (Å²) in [6.07, 6.45) is 5.49. The number of benzene rings is 2. The molecule has 134 valence electrons. The molecular weight excluding hydrogens is 336 g/mol. The van der Waals surface area contributed by atoms with Crippen molar-refractivity contribution in [1.29, 1.82) is 0 Å². The molecule has 4 rings (SSSR count). The zero-order valence-electron chi connectivity index (χ0n) is 15.1. The van der Waals surface area contributed by atoms with Gasteiger partial charge in [-0.25, -0.2) is 9.97 Å². The number of rotatable bonds is 3. The molecule has 0 atom stereocenters. The molecule has 1 amide bonds. The Balaban J connectivity index is 1.82. The lowest BCUT2D eigenvalue weighted by atomic mass is 9.91. The molecule has 2 aromatic carbocycles. The van der Waals surface area contributed by atoms with Crippen molar-refractivity contribution >= 4 is 29.6 Å². The molecule has 3 aromatic rings. The number of amides is 1. The molecule has 27 heavy (non-hydrogen) atoms. The van der Waals surface area contributed by atoms with Crippen molar-refractivity contribution < 1.29 is 4.79 Å². The van der Waals surface area contributed by atoms with Crippen LogP contribution >= 0.6 is 0 Å². The quantitative estimate of drug-likeness (QED) is 0.696. The van der Waals surface area contributed by atoms with Crippen LogP contribution in [0.15, 0.2) is 48.5 Å². The molecule has 0 saturated carbocycles. The Hall–Kier alpha value is -3.47. The van der Waals surface area contributed by atoms with E-state index in [0.29, 0.717) is 11.5 Å². The Labute approximate surface area is 158 Å². The van der Waals surface area contributed by atoms with E-state index in [0.717, 1.165) is 41.0 Å². The second-order valence-electron chi connectivity index (χ2n) is 6.59. The topological polar surface area (TPSA) is 80.9 Å². The van der Waals surface area contributed by atoms with Crippen LogP contribution in [0.3, 0.4) is 0 Å². The monoisotopic (exact) mass is 356 g/mol. The van der Waals surface area contributed by atoms with Gasteiger partial charge in [-0.15, -0.1) is 0 Å². The standard InChI is InChI=1S/C22H20N4O/c1-14(27)24-22-20(11-7-15-5-3-2-4-6-15)25-21-18-10-9-17(23)13-16(18)8-12-19(21)26-22/h2-7,9-11,13H,8,12,23H2,1H3,(H,24,26,27)/b11-7+. The van der Waals surface area contributed by atoms with E-state index < -0.39 is 0 Å². The largest absolute Gasteiger partial charge is 0.399 e. The van der Waals surface area contributed by atoms with Crippen molar-refractivity contribution in [3.63, 3.8) is 0 Å². The Morgan fingerprint density at radius 1 is 1.07 bits per heavy atom. The van der Waals surface area contributed by atoms with E-state index in [4.69, 9.17) is 15.7 Å². The molecule has 5 nitrogen and oxygen atoms in total. The molecule has 0 unspecified atom stereocenters. The number of nitrogens with two attached hydrogens (primary N) is 1. The van der Waals surface area contributed by atoms with Gasteiger partial charge in [-0.05, 0) is 42.2 Å². The lowest BCUT2D eigenvalue weighted by Crippen LogP contribution is -2.15. The molecule has 0 saturated heterocycles. The van der Waals surface area contributed by atoms with Crippen LogP contribution in [0.1, 0.15) is 29.4 Å². The van der Waals surface area contributed by atoms with E-state index >= 15 is 0 Å². The highest BCUT2D eigenvalue weighted by Gasteiger charge is 2.21. The second kappa shape index (κ2) is 7.03. The third kappa shape index (κ3) is 3.58. The van der Waals surface area contributed by atoms with Crippen molar-refractivity contribution in [1.82, 2.24) is 9.97 Å². The number of nitrogen functional groups attached to an aromatic ring is 1. The molecule has 1 aliphatic rings. The van der Waals surface area contributed by atoms with Crippen LogP contribution in [-0.4, -0.2) is 15.9 Å². The van der Waals surface area contributed by atoms with Crippen LogP contribution in [0.4, 0.5) is 11.5 Å². The first-order valence-electron chi connectivity index (χ1n) is 8.90. The summed E-state index contributed by atoms with van der Waals surface area (Å²) in [7, 11) is 0. The maximum Gasteiger partial charge on any atom is 0.222 e. The van der Waals surface area contributed by atoms with E-state index in [1.54, 1.807) is 0 Å². The van der Waals surface area contributed by atoms with Gasteiger partial charge in [0.15, 0.2) is 5.82 Å². The first kappa shape index (κ1) is 17.0. The highest BCUT2D eigenvalue weighted by Crippen LogP contribution is 2.34. The summed E-state index contributed by atoms with van der Waals surface area (Å²) in [6, 6.07) is 15.8. The van der Waals surface area contributed by atoms with Gasteiger partial charge >= 0.3 is 0 Å². The third-order valence-corrected chi connectivity index (χ3v) is 4.54. The summed E-state index contributed by atoms with van der Waals surface area (Å²) >= 11 is 0. The SMILES string of the molecule is CC(=O)Nc1nc2c(nc1/C=C/c1ccccc1)-c1ccc(N)cc1CC2. The van der Waals surface area contributed by atoms with E-state index in [1.807, 2.05) is 60.7 Å². The van der Waals surface area contributed by atoms with Gasteiger partial charge in [0.2, 0.25) is 5.91 Å². The van der Waals surface area contributed by atoms with Gasteiger partial charge in [0.1, 0.15) is 5.69 Å². The maximum atomic E-state index is 11.6. The summed E-state index contributed by atoms with van der Waals surface area (Å²) in [4.78, 5) is 21.2. The van der Waals surface area contributed by atoms with Gasteiger partial charge in [-0.3, -0.25) is 4.79 Å². The second-order valence-corrected chi connectivity index (χ2v) is 6.59. The number of aryl methyl sites for hydroxylation is 2. The molecule has 3 N–H and O–H groups in total. The fourth-order valence-electron chi connectivity index (χ4n) is 3.29. The Bertz CT molecular complexity index is 1040. The number of carbonyl (C=O) groups excluding carboxylic acids is 1. The lowest BCUT2D eigenvalue weighted by molar-refractivity contribution is -0.114. The fraction of sp³-hybridized carbons (Fsp3) is 0.136. The van der Waals surface area contributed by atoms with Gasteiger partial charge in [-0.2, -0.15) is 0 Å². The minimum atomic E-state index is -0.164. The molecule has 1 aliphatic carbocycles. The molecule has 5 heteroatoms. The van der Waals surface area contributed by atoms with Crippen molar-refractivity contribution in [3.05, 3.63) is 71.0 Å². The van der Waals surface area contributed by atoms with E-state index in [1.165, 1.54) is 12.5 Å². The molecule has 1 heterocycles. The predicted octanol–water partition coefficient (Wildman–Crippen LogP) is 3.95. The number of hydrogen-bond donors (Lipinski definition) is 2. The number of fused-ring (bicyclic) bond motifs is 3. The first-order chi connectivity index (χ1) is 13.1. The van der Waals surface area contributed by atoms with E-state index in [-0.39, 0.29) is 5.91 Å². The van der Waals surface area contributed by atoms with Gasteiger partial charge in [-0.1, -0.05) is 42.5 Å². The zero-order valence-corrected chi connectivity index (χ0v) is 15.1. The molecule has 0 bridgehead atoms. The summed E-state index contributed by atoms with van der Waals surface area (Å²) in [5.41, 5.74) is 12.4. The lowest BCUT2D eigenvalue weighted by Gasteiger charge is -2.20. The molecule has 0 spiro atoms. The Kier molecular flexibility index (Phi) is 4.42. The van der Waals surface area contributed by atoms with Crippen LogP contribution in [0.5, 0.6) is 0 Å². The number of carbonyl (C=O) groups is 1. The first-order valence-corrected chi connectivity index (χ1v) is 8.90. The van der Waals surface area contributed by atoms with Crippen molar-refractivity contribution in [2.24, 2.45) is 0 Å². The minimum Gasteiger partial charge on any atom is -0.399 e. The van der Waals surface area contributed by atoms with Crippen LogP contribution in [0.2, 0.25) is 0 Å². The number of nitrogens with one attached hydrogen (secondary N) is 1. The highest BCUT2D eigenvalue weighted by atomic mass is 16.1. The average molecular weight is 356 g/mol. The van der Waals surface area contributed by atoms with Crippen molar-refractivity contribution in [3.8, 4) is 11.3 Å². The summed E-state index contributed by atoms with van der Waals surface area (Å²) in [5, 5.41) is 2.81. The van der Waals surface area contributed by atoms with Crippen molar-refractivity contribution in [2.45, 2.75) is 19.8 Å². The van der Waals surface area contributed by atoms with Gasteiger partial charge in [0.05, 0.1) is 11.4 Å². The van der Waals surface area contributed by atoms with E-state index in [2.05, 4.69) is 5.32 Å². The summed E-state index contributed by atoms with van der Waals surface area (Å²) < 4.78 is 0. The Morgan fingerprint density at radius 2 is 1.89 bits per heavy atom. The maximum absolute atomic E-state index is 11.6. The summed E-state index contributed by atoms with van der Waals surface area (Å²) in [6.45, 7) is 1.48. The number of hydrogen-bond acceptors (Lipinski definition) is 4. The molecule has 0 aliphatic heterocycles. The van der Waals surface area contributed by atoms with E-state index in [9.17, 15) is 4.79 Å². The molecule has 0 radical (unpaired) electrons. The van der Waals surface area contributed by atoms with Crippen LogP contribution in [-0.2, 0) is 17.6 Å². The number of anilines is 2. The number of aromatic nitrogens is 2. The molecular formula is C22H20N4O. The van der Waals surface area contributed by atoms with Gasteiger partial charge in [0, 0.05) is 18.2 Å². The average Bonchev–Trinajstić information content (AvgIpc) is 2.66. The number of nitrogens with zero attached hydrogens (tertiary/aromatic N) is 2. The van der Waals surface area contributed by atoms with Crippen LogP contribution < -0.4 is 11.1 Å². The molecule has 1 aromatic heterocycles. The fourth-order valence-corrected chi connectivity index (χ4v) is 3.29. The van der Waals surface area contributed by atoms with Crippen LogP contribution in [0.25, 0.3) is 23.4 Å². The van der Waals surface area contributed by atoms with Gasteiger partial charge in [0.25, 0.3) is 0 Å². The third-order valence-electron chi connectivity index (χ3n) is 4.54. The normalized spacial score (nSPS) is 12.5. The minimum absolute atomic E-state index is 0.164. The van der Waals surface area contributed by atoms with Gasteiger partial charge < -0.3 is 11.1 Å². The Morgan fingerprint density at radius 3 is 2.67 bits per heavy atom.